The van der Waals surface area contributed by atoms with Crippen LogP contribution in [0.1, 0.15) is 23.2 Å². The van der Waals surface area contributed by atoms with E-state index in [4.69, 9.17) is 0 Å². The number of fused-ring (bicyclic) bond motifs is 1. The van der Waals surface area contributed by atoms with Gasteiger partial charge in [0.2, 0.25) is 0 Å². The SMILES string of the molecule is O=C(NC1CS(=O)(=O)CC1N1CCCC1)c1ccc(-n2cnc3ccccc32)cc1. The first-order valence-electron chi connectivity index (χ1n) is 10.3. The summed E-state index contributed by atoms with van der Waals surface area (Å²) in [5.41, 5.74) is 3.35. The molecule has 0 bridgehead atoms. The van der Waals surface area contributed by atoms with Crippen molar-refractivity contribution in [2.24, 2.45) is 0 Å². The topological polar surface area (TPSA) is 84.3 Å². The lowest BCUT2D eigenvalue weighted by Gasteiger charge is -2.28. The summed E-state index contributed by atoms with van der Waals surface area (Å²) >= 11 is 0. The van der Waals surface area contributed by atoms with E-state index in [1.165, 1.54) is 0 Å². The van der Waals surface area contributed by atoms with Crippen LogP contribution in [0.4, 0.5) is 0 Å². The minimum Gasteiger partial charge on any atom is -0.347 e. The average molecular weight is 425 g/mol. The van der Waals surface area contributed by atoms with Crippen LogP contribution in [0.5, 0.6) is 0 Å². The quantitative estimate of drug-likeness (QED) is 0.693. The van der Waals surface area contributed by atoms with Crippen LogP contribution in [0.25, 0.3) is 16.7 Å². The summed E-state index contributed by atoms with van der Waals surface area (Å²) in [6.45, 7) is 1.81. The van der Waals surface area contributed by atoms with Crippen molar-refractivity contribution >= 4 is 26.8 Å². The molecule has 1 amide bonds. The van der Waals surface area contributed by atoms with E-state index in [0.29, 0.717) is 5.56 Å². The second-order valence-corrected chi connectivity index (χ2v) is 10.3. The first-order chi connectivity index (χ1) is 14.5. The molecule has 3 heterocycles. The van der Waals surface area contributed by atoms with Crippen molar-refractivity contribution in [2.45, 2.75) is 24.9 Å². The molecule has 1 N–H and O–H groups in total. The highest BCUT2D eigenvalue weighted by atomic mass is 32.2. The third-order valence-corrected chi connectivity index (χ3v) is 7.83. The number of hydrogen-bond acceptors (Lipinski definition) is 5. The number of amides is 1. The Hall–Kier alpha value is -2.71. The van der Waals surface area contributed by atoms with E-state index in [9.17, 15) is 13.2 Å². The Morgan fingerprint density at radius 2 is 1.73 bits per heavy atom. The van der Waals surface area contributed by atoms with Crippen molar-refractivity contribution in [2.75, 3.05) is 24.6 Å². The highest BCUT2D eigenvalue weighted by molar-refractivity contribution is 7.91. The summed E-state index contributed by atoms with van der Waals surface area (Å²) in [5.74, 6) is -0.0906. The van der Waals surface area contributed by atoms with E-state index < -0.39 is 9.84 Å². The predicted octanol–water partition coefficient (Wildman–Crippen LogP) is 2.02. The number of hydrogen-bond donors (Lipinski definition) is 1. The zero-order valence-corrected chi connectivity index (χ0v) is 17.4. The van der Waals surface area contributed by atoms with E-state index in [0.717, 1.165) is 42.7 Å². The molecule has 2 unspecified atom stereocenters. The van der Waals surface area contributed by atoms with Crippen LogP contribution in [-0.4, -0.2) is 65.5 Å². The summed E-state index contributed by atoms with van der Waals surface area (Å²) in [5, 5.41) is 2.98. The van der Waals surface area contributed by atoms with Crippen molar-refractivity contribution in [3.05, 3.63) is 60.4 Å². The zero-order chi connectivity index (χ0) is 20.7. The molecule has 3 aromatic rings. The third kappa shape index (κ3) is 3.61. The van der Waals surface area contributed by atoms with Gasteiger partial charge < -0.3 is 5.32 Å². The van der Waals surface area contributed by atoms with Crippen LogP contribution in [0, 0.1) is 0 Å². The maximum Gasteiger partial charge on any atom is 0.251 e. The lowest BCUT2D eigenvalue weighted by molar-refractivity contribution is 0.0918. The summed E-state index contributed by atoms with van der Waals surface area (Å²) < 4.78 is 26.4. The number of likely N-dealkylation sites (tertiary alicyclic amines) is 1. The summed E-state index contributed by atoms with van der Waals surface area (Å²) in [6.07, 6.45) is 3.94. The molecule has 0 spiro atoms. The molecular weight excluding hydrogens is 400 g/mol. The van der Waals surface area contributed by atoms with Crippen molar-refractivity contribution in [3.8, 4) is 5.69 Å². The number of nitrogens with zero attached hydrogens (tertiary/aromatic N) is 3. The maximum atomic E-state index is 12.8. The molecule has 2 atom stereocenters. The van der Waals surface area contributed by atoms with Gasteiger partial charge in [0.15, 0.2) is 9.84 Å². The Morgan fingerprint density at radius 3 is 2.50 bits per heavy atom. The number of aromatic nitrogens is 2. The molecule has 2 aliphatic heterocycles. The van der Waals surface area contributed by atoms with E-state index in [2.05, 4.69) is 15.2 Å². The van der Waals surface area contributed by atoms with Crippen LogP contribution in [-0.2, 0) is 9.84 Å². The van der Waals surface area contributed by atoms with Crippen LogP contribution in [0.15, 0.2) is 54.9 Å². The van der Waals surface area contributed by atoms with Gasteiger partial charge in [0, 0.05) is 17.3 Å². The monoisotopic (exact) mass is 424 g/mol. The predicted molar refractivity (Wildman–Crippen MR) is 116 cm³/mol. The molecule has 2 aliphatic rings. The fourth-order valence-corrected chi connectivity index (χ4v) is 6.54. The number of carbonyl (C=O) groups is 1. The van der Waals surface area contributed by atoms with Crippen LogP contribution in [0.2, 0.25) is 0 Å². The normalized spacial score (nSPS) is 23.7. The number of rotatable bonds is 4. The van der Waals surface area contributed by atoms with Crippen LogP contribution >= 0.6 is 0 Å². The van der Waals surface area contributed by atoms with Gasteiger partial charge >= 0.3 is 0 Å². The molecule has 1 aromatic heterocycles. The standard InChI is InChI=1S/C22H24N4O3S/c27-22(24-19-13-30(28,29)14-21(19)25-11-3-4-12-25)16-7-9-17(10-8-16)26-15-23-18-5-1-2-6-20(18)26/h1-2,5-10,15,19,21H,3-4,11-14H2,(H,24,27). The van der Waals surface area contributed by atoms with Gasteiger partial charge in [-0.2, -0.15) is 0 Å². The van der Waals surface area contributed by atoms with Gasteiger partial charge in [0.1, 0.15) is 6.33 Å². The molecule has 0 aliphatic carbocycles. The van der Waals surface area contributed by atoms with Gasteiger partial charge in [-0.3, -0.25) is 14.3 Å². The van der Waals surface area contributed by atoms with Gasteiger partial charge in [-0.25, -0.2) is 13.4 Å². The molecule has 30 heavy (non-hydrogen) atoms. The van der Waals surface area contributed by atoms with E-state index >= 15 is 0 Å². The Kier molecular flexibility index (Phi) is 4.83. The van der Waals surface area contributed by atoms with E-state index in [1.807, 2.05) is 41.0 Å². The highest BCUT2D eigenvalue weighted by Gasteiger charge is 2.42. The van der Waals surface area contributed by atoms with Crippen LogP contribution in [0.3, 0.4) is 0 Å². The van der Waals surface area contributed by atoms with Gasteiger partial charge in [0.05, 0.1) is 28.6 Å². The molecule has 0 radical (unpaired) electrons. The molecule has 5 rings (SSSR count). The average Bonchev–Trinajstić information content (AvgIpc) is 3.46. The summed E-state index contributed by atoms with van der Waals surface area (Å²) in [6, 6.07) is 14.7. The Bertz CT molecular complexity index is 1180. The smallest absolute Gasteiger partial charge is 0.251 e. The lowest BCUT2D eigenvalue weighted by atomic mass is 10.1. The molecule has 0 saturated carbocycles. The number of para-hydroxylation sites is 2. The highest BCUT2D eigenvalue weighted by Crippen LogP contribution is 2.23. The fraction of sp³-hybridized carbons (Fsp3) is 0.364. The molecule has 2 aromatic carbocycles. The summed E-state index contributed by atoms with van der Waals surface area (Å²) in [7, 11) is -3.13. The largest absolute Gasteiger partial charge is 0.347 e. The number of imidazole rings is 1. The second-order valence-electron chi connectivity index (χ2n) is 8.12. The van der Waals surface area contributed by atoms with Crippen molar-refractivity contribution in [1.82, 2.24) is 19.8 Å². The number of sulfone groups is 1. The van der Waals surface area contributed by atoms with Crippen molar-refractivity contribution < 1.29 is 13.2 Å². The van der Waals surface area contributed by atoms with Gasteiger partial charge in [-0.1, -0.05) is 12.1 Å². The molecule has 156 valence electrons. The zero-order valence-electron chi connectivity index (χ0n) is 16.6. The second kappa shape index (κ2) is 7.52. The number of benzene rings is 2. The number of carbonyl (C=O) groups excluding carboxylic acids is 1. The van der Waals surface area contributed by atoms with E-state index in [-0.39, 0.29) is 29.5 Å². The van der Waals surface area contributed by atoms with Gasteiger partial charge in [-0.15, -0.1) is 0 Å². The Balaban J connectivity index is 1.34. The van der Waals surface area contributed by atoms with Gasteiger partial charge in [-0.05, 0) is 62.3 Å². The minimum atomic E-state index is -3.13. The molecular formula is C22H24N4O3S. The first-order valence-corrected chi connectivity index (χ1v) is 12.1. The lowest BCUT2D eigenvalue weighted by Crippen LogP contribution is -2.50. The Labute approximate surface area is 175 Å². The summed E-state index contributed by atoms with van der Waals surface area (Å²) in [4.78, 5) is 19.5. The van der Waals surface area contributed by atoms with Gasteiger partial charge in [0.25, 0.3) is 5.91 Å². The molecule has 2 saturated heterocycles. The van der Waals surface area contributed by atoms with Crippen LogP contribution < -0.4 is 5.32 Å². The third-order valence-electron chi connectivity index (χ3n) is 6.11. The first kappa shape index (κ1) is 19.3. The van der Waals surface area contributed by atoms with Crippen molar-refractivity contribution in [3.63, 3.8) is 0 Å². The molecule has 2 fully saturated rings. The molecule has 8 heteroatoms. The van der Waals surface area contributed by atoms with E-state index in [1.54, 1.807) is 18.5 Å². The Morgan fingerprint density at radius 1 is 1.00 bits per heavy atom. The molecule has 7 nitrogen and oxygen atoms in total. The number of nitrogens with one attached hydrogen (secondary N) is 1. The fourth-order valence-electron chi connectivity index (χ4n) is 4.59. The van der Waals surface area contributed by atoms with Crippen molar-refractivity contribution in [1.29, 1.82) is 0 Å². The maximum absolute atomic E-state index is 12.8. The minimum absolute atomic E-state index is 0.0129.